The van der Waals surface area contributed by atoms with Gasteiger partial charge in [0, 0.05) is 6.04 Å². The first-order valence-electron chi connectivity index (χ1n) is 8.20. The summed E-state index contributed by atoms with van der Waals surface area (Å²) in [6.07, 6.45) is 9.25. The van der Waals surface area contributed by atoms with Gasteiger partial charge in [0.1, 0.15) is 5.82 Å². The summed E-state index contributed by atoms with van der Waals surface area (Å²) in [4.78, 5) is 0. The third-order valence-electron chi connectivity index (χ3n) is 4.59. The second kappa shape index (κ2) is 7.78. The summed E-state index contributed by atoms with van der Waals surface area (Å²) < 4.78 is 13.3. The fourth-order valence-electron chi connectivity index (χ4n) is 3.42. The summed E-state index contributed by atoms with van der Waals surface area (Å²) in [5.74, 6) is 0.790. The number of aryl methyl sites for hydroxylation is 1. The highest BCUT2D eigenvalue weighted by atomic mass is 19.1. The fraction of sp³-hybridized carbons (Fsp3) is 0.667. The minimum atomic E-state index is -0.128. The van der Waals surface area contributed by atoms with Gasteiger partial charge in [-0.15, -0.1) is 0 Å². The fourth-order valence-corrected chi connectivity index (χ4v) is 3.42. The average molecular weight is 277 g/mol. The van der Waals surface area contributed by atoms with Crippen LogP contribution in [0.25, 0.3) is 0 Å². The molecular formula is C18H28FN. The summed E-state index contributed by atoms with van der Waals surface area (Å²) >= 11 is 0. The Morgan fingerprint density at radius 3 is 2.70 bits per heavy atom. The first-order valence-corrected chi connectivity index (χ1v) is 8.20. The van der Waals surface area contributed by atoms with E-state index in [0.29, 0.717) is 6.04 Å². The number of rotatable bonds is 7. The van der Waals surface area contributed by atoms with Crippen molar-refractivity contribution >= 4 is 0 Å². The molecule has 20 heavy (non-hydrogen) atoms. The van der Waals surface area contributed by atoms with Crippen LogP contribution in [0.2, 0.25) is 0 Å². The molecule has 0 spiro atoms. The summed E-state index contributed by atoms with van der Waals surface area (Å²) in [6.45, 7) is 5.25. The van der Waals surface area contributed by atoms with Crippen LogP contribution < -0.4 is 5.32 Å². The van der Waals surface area contributed by atoms with Gasteiger partial charge in [-0.2, -0.15) is 0 Å². The Bertz CT molecular complexity index is 410. The molecule has 1 aliphatic carbocycles. The lowest BCUT2D eigenvalue weighted by molar-refractivity contribution is 0.410. The summed E-state index contributed by atoms with van der Waals surface area (Å²) in [5, 5.41) is 3.65. The molecule has 112 valence electrons. The monoisotopic (exact) mass is 277 g/mol. The maximum atomic E-state index is 13.3. The molecule has 1 saturated carbocycles. The molecule has 0 saturated heterocycles. The molecular weight excluding hydrogens is 249 g/mol. The molecule has 0 bridgehead atoms. The van der Waals surface area contributed by atoms with E-state index in [1.807, 2.05) is 13.0 Å². The first-order chi connectivity index (χ1) is 9.70. The Hall–Kier alpha value is -0.890. The zero-order chi connectivity index (χ0) is 14.4. The number of hydrogen-bond donors (Lipinski definition) is 1. The van der Waals surface area contributed by atoms with E-state index >= 15 is 0 Å². The number of nitrogens with one attached hydrogen (secondary N) is 1. The van der Waals surface area contributed by atoms with E-state index < -0.39 is 0 Å². The SMILES string of the molecule is CCCNC(CCC1CCCC1)c1ccc(F)cc1C. The Kier molecular flexibility index (Phi) is 6.03. The van der Waals surface area contributed by atoms with Crippen LogP contribution in [0, 0.1) is 18.7 Å². The van der Waals surface area contributed by atoms with E-state index in [2.05, 4.69) is 12.2 Å². The number of benzene rings is 1. The van der Waals surface area contributed by atoms with Crippen molar-refractivity contribution < 1.29 is 4.39 Å². The first kappa shape index (κ1) is 15.5. The predicted octanol–water partition coefficient (Wildman–Crippen LogP) is 5.15. The van der Waals surface area contributed by atoms with Gasteiger partial charge >= 0.3 is 0 Å². The summed E-state index contributed by atoms with van der Waals surface area (Å²) in [6, 6.07) is 5.60. The highest BCUT2D eigenvalue weighted by Gasteiger charge is 2.19. The molecule has 1 fully saturated rings. The normalized spacial score (nSPS) is 17.6. The largest absolute Gasteiger partial charge is 0.310 e. The molecule has 0 aliphatic heterocycles. The lowest BCUT2D eigenvalue weighted by Gasteiger charge is -2.22. The van der Waals surface area contributed by atoms with Crippen LogP contribution in [-0.2, 0) is 0 Å². The van der Waals surface area contributed by atoms with Gasteiger partial charge in [0.2, 0.25) is 0 Å². The van der Waals surface area contributed by atoms with Gasteiger partial charge in [-0.25, -0.2) is 4.39 Å². The van der Waals surface area contributed by atoms with Crippen molar-refractivity contribution in [3.8, 4) is 0 Å². The zero-order valence-corrected chi connectivity index (χ0v) is 12.9. The number of hydrogen-bond acceptors (Lipinski definition) is 1. The average Bonchev–Trinajstić information content (AvgIpc) is 2.93. The molecule has 1 N–H and O–H groups in total. The minimum Gasteiger partial charge on any atom is -0.310 e. The van der Waals surface area contributed by atoms with E-state index in [4.69, 9.17) is 0 Å². The highest BCUT2D eigenvalue weighted by Crippen LogP contribution is 2.32. The molecule has 1 aromatic carbocycles. The third kappa shape index (κ3) is 4.31. The van der Waals surface area contributed by atoms with Crippen LogP contribution in [0.1, 0.15) is 69.0 Å². The van der Waals surface area contributed by atoms with Crippen LogP contribution >= 0.6 is 0 Å². The van der Waals surface area contributed by atoms with E-state index in [0.717, 1.165) is 24.4 Å². The van der Waals surface area contributed by atoms with Gasteiger partial charge in [0.25, 0.3) is 0 Å². The zero-order valence-electron chi connectivity index (χ0n) is 12.9. The molecule has 0 heterocycles. The van der Waals surface area contributed by atoms with Crippen LogP contribution in [0.15, 0.2) is 18.2 Å². The smallest absolute Gasteiger partial charge is 0.123 e. The van der Waals surface area contributed by atoms with Gasteiger partial charge in [-0.1, -0.05) is 38.7 Å². The molecule has 1 aromatic rings. The Morgan fingerprint density at radius 1 is 1.30 bits per heavy atom. The molecule has 2 rings (SSSR count). The van der Waals surface area contributed by atoms with Crippen LogP contribution in [0.3, 0.4) is 0 Å². The topological polar surface area (TPSA) is 12.0 Å². The quantitative estimate of drug-likeness (QED) is 0.727. The van der Waals surface area contributed by atoms with Crippen molar-refractivity contribution in [2.75, 3.05) is 6.54 Å². The Labute approximate surface area is 123 Å². The molecule has 1 unspecified atom stereocenters. The lowest BCUT2D eigenvalue weighted by Crippen LogP contribution is -2.23. The summed E-state index contributed by atoms with van der Waals surface area (Å²) in [5.41, 5.74) is 2.35. The molecule has 1 aliphatic rings. The van der Waals surface area contributed by atoms with E-state index in [9.17, 15) is 4.39 Å². The maximum absolute atomic E-state index is 13.3. The Balaban J connectivity index is 2.01. The van der Waals surface area contributed by atoms with Gasteiger partial charge in [0.05, 0.1) is 0 Å². The maximum Gasteiger partial charge on any atom is 0.123 e. The van der Waals surface area contributed by atoms with Crippen molar-refractivity contribution in [2.24, 2.45) is 5.92 Å². The van der Waals surface area contributed by atoms with Crippen molar-refractivity contribution in [3.63, 3.8) is 0 Å². The predicted molar refractivity (Wildman–Crippen MR) is 83.4 cm³/mol. The molecule has 1 nitrogen and oxygen atoms in total. The molecule has 0 aromatic heterocycles. The van der Waals surface area contributed by atoms with Crippen LogP contribution in [-0.4, -0.2) is 6.54 Å². The lowest BCUT2D eigenvalue weighted by atomic mass is 9.92. The van der Waals surface area contributed by atoms with Gasteiger partial charge in [-0.3, -0.25) is 0 Å². The van der Waals surface area contributed by atoms with E-state index in [1.165, 1.54) is 44.1 Å². The second-order valence-electron chi connectivity index (χ2n) is 6.24. The summed E-state index contributed by atoms with van der Waals surface area (Å²) in [7, 11) is 0. The van der Waals surface area contributed by atoms with Gasteiger partial charge in [-0.05, 0) is 61.9 Å². The molecule has 0 amide bonds. The van der Waals surface area contributed by atoms with Gasteiger partial charge in [0.15, 0.2) is 0 Å². The standard InChI is InChI=1S/C18H28FN/c1-3-12-20-18(11-8-15-6-4-5-7-15)17-10-9-16(19)13-14(17)2/h9-10,13,15,18,20H,3-8,11-12H2,1-2H3. The van der Waals surface area contributed by atoms with Crippen molar-refractivity contribution in [1.82, 2.24) is 5.32 Å². The van der Waals surface area contributed by atoms with Crippen molar-refractivity contribution in [3.05, 3.63) is 35.1 Å². The van der Waals surface area contributed by atoms with Crippen molar-refractivity contribution in [1.29, 1.82) is 0 Å². The van der Waals surface area contributed by atoms with E-state index in [1.54, 1.807) is 12.1 Å². The van der Waals surface area contributed by atoms with Gasteiger partial charge < -0.3 is 5.32 Å². The highest BCUT2D eigenvalue weighted by molar-refractivity contribution is 5.29. The molecule has 1 atom stereocenters. The van der Waals surface area contributed by atoms with Crippen LogP contribution in [0.5, 0.6) is 0 Å². The second-order valence-corrected chi connectivity index (χ2v) is 6.24. The van der Waals surface area contributed by atoms with Crippen LogP contribution in [0.4, 0.5) is 4.39 Å². The Morgan fingerprint density at radius 2 is 2.05 bits per heavy atom. The molecule has 2 heteroatoms. The number of halogens is 1. The van der Waals surface area contributed by atoms with E-state index in [-0.39, 0.29) is 5.82 Å². The van der Waals surface area contributed by atoms with Crippen molar-refractivity contribution in [2.45, 2.75) is 64.8 Å². The molecule has 0 radical (unpaired) electrons. The minimum absolute atomic E-state index is 0.128. The third-order valence-corrected chi connectivity index (χ3v) is 4.59.